The fourth-order valence-electron chi connectivity index (χ4n) is 8.49. The zero-order valence-corrected chi connectivity index (χ0v) is 31.7. The number of esters is 1. The van der Waals surface area contributed by atoms with Crippen LogP contribution in [-0.2, 0) is 28.7 Å². The highest BCUT2D eigenvalue weighted by Crippen LogP contribution is 2.59. The van der Waals surface area contributed by atoms with Gasteiger partial charge >= 0.3 is 5.97 Å². The molecule has 286 valence electrons. The van der Waals surface area contributed by atoms with E-state index in [1.54, 1.807) is 33.9 Å². The number of aliphatic hydroxyl groups is 1. The van der Waals surface area contributed by atoms with E-state index in [0.717, 1.165) is 24.3 Å². The third kappa shape index (κ3) is 7.78. The number of fused-ring (bicyclic) bond motifs is 1. The summed E-state index contributed by atoms with van der Waals surface area (Å²) in [5.74, 6) is -3.16. The smallest absolute Gasteiger partial charge is 0.313 e. The fraction of sp³-hybridized carbons (Fsp3) is 0.524. The second-order valence-corrected chi connectivity index (χ2v) is 14.3. The van der Waals surface area contributed by atoms with Gasteiger partial charge in [-0.2, -0.15) is 0 Å². The second kappa shape index (κ2) is 17.6. The minimum absolute atomic E-state index is 0.0478. The summed E-state index contributed by atoms with van der Waals surface area (Å²) >= 11 is 0. The summed E-state index contributed by atoms with van der Waals surface area (Å²) in [6, 6.07) is 15.6. The Bertz CT molecular complexity index is 1610. The number of anilines is 2. The number of aliphatic hydroxyl groups excluding tert-OH is 1. The van der Waals surface area contributed by atoms with E-state index in [1.807, 2.05) is 61.5 Å². The van der Waals surface area contributed by atoms with Crippen LogP contribution in [0.2, 0.25) is 0 Å². The van der Waals surface area contributed by atoms with Crippen LogP contribution in [-0.4, -0.2) is 102 Å². The van der Waals surface area contributed by atoms with E-state index in [-0.39, 0.29) is 43.8 Å². The lowest BCUT2D eigenvalue weighted by atomic mass is 9.70. The summed E-state index contributed by atoms with van der Waals surface area (Å²) in [4.78, 5) is 64.1. The van der Waals surface area contributed by atoms with Crippen LogP contribution in [0, 0.1) is 11.8 Å². The lowest BCUT2D eigenvalue weighted by molar-refractivity contribution is -0.164. The van der Waals surface area contributed by atoms with Crippen LogP contribution in [0.15, 0.2) is 79.9 Å². The van der Waals surface area contributed by atoms with Gasteiger partial charge in [-0.15, -0.1) is 13.2 Å². The zero-order valence-electron chi connectivity index (χ0n) is 31.7. The maximum absolute atomic E-state index is 14.9. The first kappa shape index (κ1) is 39.7. The average molecular weight is 729 g/mol. The average Bonchev–Trinajstić information content (AvgIpc) is 3.82. The monoisotopic (exact) mass is 728 g/mol. The molecule has 2 aromatic carbocycles. The highest BCUT2D eigenvalue weighted by Gasteiger charge is 2.75. The Morgan fingerprint density at radius 3 is 2.34 bits per heavy atom. The van der Waals surface area contributed by atoms with E-state index in [1.165, 1.54) is 0 Å². The van der Waals surface area contributed by atoms with Crippen LogP contribution in [0.25, 0.3) is 0 Å². The van der Waals surface area contributed by atoms with Crippen molar-refractivity contribution < 1.29 is 33.8 Å². The number of rotatable bonds is 19. The van der Waals surface area contributed by atoms with Crippen molar-refractivity contribution in [2.24, 2.45) is 11.8 Å². The van der Waals surface area contributed by atoms with Gasteiger partial charge in [0.05, 0.1) is 24.0 Å². The normalized spacial score (nSPS) is 23.9. The minimum Gasteiger partial charge on any atom is -0.455 e. The molecule has 0 unspecified atom stereocenters. The van der Waals surface area contributed by atoms with Gasteiger partial charge in [-0.1, -0.05) is 42.5 Å². The van der Waals surface area contributed by atoms with Crippen LogP contribution < -0.4 is 9.80 Å². The first-order valence-corrected chi connectivity index (χ1v) is 19.1. The molecular formula is C42H56N4O7. The number of carbonyl (C=O) groups is 4. The molecular weight excluding hydrogens is 672 g/mol. The van der Waals surface area contributed by atoms with Crippen LogP contribution in [0.3, 0.4) is 0 Å². The predicted molar refractivity (Wildman–Crippen MR) is 205 cm³/mol. The Morgan fingerprint density at radius 2 is 1.72 bits per heavy atom. The standard InChI is InChI=1S/C42H56N4O7/c1-7-11-19-34(48)43(6)29(5)37(30-17-13-12-14-18-30)52-41(51)35-33-24-25-42(53-33)36(35)39(49)46(27-15-16-28-47)38(42)40(50)45(26-8-2)32-22-20-31(21-23-32)44(9-3)10-4/h7-8,12-14,17-18,20-23,29,33,35-38,47H,1-2,9-11,15-16,19,24-28H2,3-6H3/t29-,33-,35+,36+,37+,38-,42+/m1/s1. The quantitative estimate of drug-likeness (QED) is 0.118. The molecule has 3 fully saturated rings. The SMILES string of the molecule is C=CCCC(=O)N(C)[C@H](C)[C@H](OC(=O)[C@@H]1[C@H]2C(=O)N(CCCCO)[C@H](C(=O)N(CC=C)c3ccc(N(CC)CC)cc3)[C@]23CC[C@H]1O3)c1ccccc1. The van der Waals surface area contributed by atoms with Crippen molar-refractivity contribution >= 4 is 35.1 Å². The van der Waals surface area contributed by atoms with Gasteiger partial charge < -0.3 is 34.2 Å². The summed E-state index contributed by atoms with van der Waals surface area (Å²) in [6.07, 6.45) is 4.61. The van der Waals surface area contributed by atoms with E-state index in [4.69, 9.17) is 9.47 Å². The molecule has 1 N–H and O–H groups in total. The second-order valence-electron chi connectivity index (χ2n) is 14.3. The molecule has 3 aliphatic heterocycles. The van der Waals surface area contributed by atoms with E-state index >= 15 is 0 Å². The number of likely N-dealkylation sites (N-methyl/N-ethyl adjacent to an activating group) is 1. The van der Waals surface area contributed by atoms with Crippen molar-refractivity contribution in [3.63, 3.8) is 0 Å². The Kier molecular flexibility index (Phi) is 13.2. The molecule has 0 radical (unpaired) electrons. The molecule has 0 saturated carbocycles. The Hall–Kier alpha value is -4.48. The Balaban J connectivity index is 1.48. The molecule has 1 spiro atoms. The van der Waals surface area contributed by atoms with Crippen LogP contribution >= 0.6 is 0 Å². The highest BCUT2D eigenvalue weighted by atomic mass is 16.6. The first-order chi connectivity index (χ1) is 25.6. The minimum atomic E-state index is -1.23. The van der Waals surface area contributed by atoms with E-state index in [0.29, 0.717) is 37.8 Å². The number of allylic oxidation sites excluding steroid dienone is 1. The van der Waals surface area contributed by atoms with Crippen molar-refractivity contribution in [1.29, 1.82) is 0 Å². The number of carbonyl (C=O) groups excluding carboxylic acids is 4. The van der Waals surface area contributed by atoms with Crippen molar-refractivity contribution in [3.8, 4) is 0 Å². The summed E-state index contributed by atoms with van der Waals surface area (Å²) in [5.41, 5.74) is 1.20. The lowest BCUT2D eigenvalue weighted by Gasteiger charge is -2.37. The number of nitrogens with zero attached hydrogens (tertiary/aromatic N) is 4. The fourth-order valence-corrected chi connectivity index (χ4v) is 8.49. The van der Waals surface area contributed by atoms with Crippen molar-refractivity contribution in [2.75, 3.05) is 49.6 Å². The molecule has 5 rings (SSSR count). The third-order valence-corrected chi connectivity index (χ3v) is 11.4. The molecule has 11 nitrogen and oxygen atoms in total. The number of unbranched alkanes of at least 4 members (excludes halogenated alkanes) is 1. The van der Waals surface area contributed by atoms with Gasteiger partial charge in [0.1, 0.15) is 17.7 Å². The molecule has 53 heavy (non-hydrogen) atoms. The predicted octanol–water partition coefficient (Wildman–Crippen LogP) is 5.30. The van der Waals surface area contributed by atoms with Gasteiger partial charge in [-0.3, -0.25) is 19.2 Å². The molecule has 2 aromatic rings. The third-order valence-electron chi connectivity index (χ3n) is 11.4. The molecule has 3 aliphatic rings. The number of ether oxygens (including phenoxy) is 2. The number of likely N-dealkylation sites (tertiary alicyclic amines) is 1. The van der Waals surface area contributed by atoms with E-state index < -0.39 is 47.7 Å². The molecule has 0 aromatic heterocycles. The highest BCUT2D eigenvalue weighted by molar-refractivity contribution is 6.04. The molecule has 0 aliphatic carbocycles. The number of amides is 3. The molecule has 3 heterocycles. The van der Waals surface area contributed by atoms with Gasteiger partial charge in [0.25, 0.3) is 5.91 Å². The van der Waals surface area contributed by atoms with Crippen molar-refractivity contribution in [2.45, 2.75) is 89.2 Å². The maximum Gasteiger partial charge on any atom is 0.313 e. The maximum atomic E-state index is 14.9. The molecule has 11 heteroatoms. The van der Waals surface area contributed by atoms with Gasteiger partial charge in [0.15, 0.2) is 0 Å². The van der Waals surface area contributed by atoms with Gasteiger partial charge in [-0.25, -0.2) is 0 Å². The van der Waals surface area contributed by atoms with Gasteiger partial charge in [-0.05, 0) is 82.7 Å². The topological polar surface area (TPSA) is 120 Å². The first-order valence-electron chi connectivity index (χ1n) is 19.1. The van der Waals surface area contributed by atoms with Gasteiger partial charge in [0.2, 0.25) is 11.8 Å². The van der Waals surface area contributed by atoms with Crippen LogP contribution in [0.4, 0.5) is 11.4 Å². The number of benzene rings is 2. The van der Waals surface area contributed by atoms with Crippen molar-refractivity contribution in [3.05, 3.63) is 85.5 Å². The molecule has 3 saturated heterocycles. The summed E-state index contributed by atoms with van der Waals surface area (Å²) in [5, 5.41) is 9.60. The van der Waals surface area contributed by atoms with Crippen LogP contribution in [0.5, 0.6) is 0 Å². The largest absolute Gasteiger partial charge is 0.455 e. The number of hydrogen-bond acceptors (Lipinski definition) is 8. The molecule has 3 amide bonds. The Labute approximate surface area is 314 Å². The molecule has 7 atom stereocenters. The summed E-state index contributed by atoms with van der Waals surface area (Å²) < 4.78 is 13.1. The Morgan fingerprint density at radius 1 is 1.04 bits per heavy atom. The zero-order chi connectivity index (χ0) is 38.3. The van der Waals surface area contributed by atoms with Crippen LogP contribution in [0.1, 0.15) is 71.0 Å². The lowest BCUT2D eigenvalue weighted by Crippen LogP contribution is -2.56. The summed E-state index contributed by atoms with van der Waals surface area (Å²) in [7, 11) is 1.70. The van der Waals surface area contributed by atoms with E-state index in [9.17, 15) is 24.3 Å². The summed E-state index contributed by atoms with van der Waals surface area (Å²) in [6.45, 7) is 15.8. The van der Waals surface area contributed by atoms with Gasteiger partial charge in [0, 0.05) is 57.6 Å². The van der Waals surface area contributed by atoms with E-state index in [2.05, 4.69) is 31.9 Å². The molecule has 2 bridgehead atoms. The number of hydrogen-bond donors (Lipinski definition) is 1. The van der Waals surface area contributed by atoms with Crippen molar-refractivity contribution in [1.82, 2.24) is 9.80 Å².